The van der Waals surface area contributed by atoms with Crippen molar-refractivity contribution >= 4 is 17.7 Å². The van der Waals surface area contributed by atoms with Crippen LogP contribution in [0, 0.1) is 5.82 Å². The molecule has 0 aliphatic carbocycles. The van der Waals surface area contributed by atoms with E-state index in [0.29, 0.717) is 18.5 Å². The highest BCUT2D eigenvalue weighted by Crippen LogP contribution is 2.31. The minimum Gasteiger partial charge on any atom is -0.493 e. The van der Waals surface area contributed by atoms with Crippen molar-refractivity contribution in [3.63, 3.8) is 0 Å². The number of carbonyl (C=O) groups is 1. The van der Waals surface area contributed by atoms with Gasteiger partial charge in [-0.05, 0) is 17.7 Å². The smallest absolute Gasteiger partial charge is 0.164 e. The zero-order valence-electron chi connectivity index (χ0n) is 12.0. The van der Waals surface area contributed by atoms with Crippen LogP contribution in [0.4, 0.5) is 10.1 Å². The molecule has 0 atom stereocenters. The predicted octanol–water partition coefficient (Wildman–Crippen LogP) is 3.35. The van der Waals surface area contributed by atoms with E-state index in [1.807, 2.05) is 24.3 Å². The first-order valence-electron chi connectivity index (χ1n) is 6.81. The van der Waals surface area contributed by atoms with Crippen molar-refractivity contribution in [2.24, 2.45) is 4.99 Å². The Bertz CT molecular complexity index is 756. The van der Waals surface area contributed by atoms with Crippen molar-refractivity contribution in [3.8, 4) is 11.5 Å². The van der Waals surface area contributed by atoms with E-state index in [-0.39, 0.29) is 17.9 Å². The lowest BCUT2D eigenvalue weighted by atomic mass is 10.1. The molecular formula is C17H14FNO3. The fourth-order valence-corrected chi connectivity index (χ4v) is 2.36. The van der Waals surface area contributed by atoms with Gasteiger partial charge in [-0.2, -0.15) is 0 Å². The van der Waals surface area contributed by atoms with Crippen LogP contribution in [0.5, 0.6) is 11.5 Å². The molecule has 4 nitrogen and oxygen atoms in total. The molecule has 0 saturated heterocycles. The van der Waals surface area contributed by atoms with E-state index in [2.05, 4.69) is 4.99 Å². The molecule has 0 unspecified atom stereocenters. The largest absolute Gasteiger partial charge is 0.493 e. The molecule has 22 heavy (non-hydrogen) atoms. The van der Waals surface area contributed by atoms with Gasteiger partial charge in [0.05, 0.1) is 24.1 Å². The third-order valence-electron chi connectivity index (χ3n) is 3.47. The number of carbonyl (C=O) groups excluding carboxylic acids is 1. The van der Waals surface area contributed by atoms with Crippen LogP contribution >= 0.6 is 0 Å². The maximum atomic E-state index is 13.7. The van der Waals surface area contributed by atoms with E-state index in [0.717, 1.165) is 23.0 Å². The van der Waals surface area contributed by atoms with Crippen molar-refractivity contribution in [2.75, 3.05) is 13.7 Å². The number of methoxy groups -OCH3 is 1. The Labute approximate surface area is 127 Å². The van der Waals surface area contributed by atoms with E-state index in [1.54, 1.807) is 0 Å². The second-order valence-electron chi connectivity index (χ2n) is 4.91. The van der Waals surface area contributed by atoms with E-state index >= 15 is 0 Å². The molecule has 1 aliphatic rings. The standard InChI is InChI=1S/C17H14FNO3/c1-21-16-7-12(9-20)14(18)8-17(16)22-10-13-6-11-4-2-3-5-15(11)19-13/h2-5,7-9H,6,10H2,1H3. The van der Waals surface area contributed by atoms with Gasteiger partial charge in [-0.15, -0.1) is 0 Å². The minimum atomic E-state index is -0.637. The first-order chi connectivity index (χ1) is 10.7. The molecule has 1 aliphatic heterocycles. The average molecular weight is 299 g/mol. The number of hydrogen-bond donors (Lipinski definition) is 0. The first kappa shape index (κ1) is 14.3. The lowest BCUT2D eigenvalue weighted by molar-refractivity contribution is 0.111. The zero-order chi connectivity index (χ0) is 15.5. The Balaban J connectivity index is 1.75. The molecule has 5 heteroatoms. The fourth-order valence-electron chi connectivity index (χ4n) is 2.36. The number of hydrogen-bond acceptors (Lipinski definition) is 4. The lowest BCUT2D eigenvalue weighted by Gasteiger charge is -2.11. The molecule has 3 rings (SSSR count). The van der Waals surface area contributed by atoms with Crippen molar-refractivity contribution in [1.82, 2.24) is 0 Å². The number of fused-ring (bicyclic) bond motifs is 1. The number of nitrogens with zero attached hydrogens (tertiary/aromatic N) is 1. The number of rotatable bonds is 5. The topological polar surface area (TPSA) is 47.9 Å². The van der Waals surface area contributed by atoms with Crippen LogP contribution in [0.3, 0.4) is 0 Å². The Hall–Kier alpha value is -2.69. The summed E-state index contributed by atoms with van der Waals surface area (Å²) in [5.41, 5.74) is 2.89. The van der Waals surface area contributed by atoms with Crippen LogP contribution in [-0.2, 0) is 6.42 Å². The number of para-hydroxylation sites is 1. The molecule has 0 bridgehead atoms. The van der Waals surface area contributed by atoms with Crippen LogP contribution in [0.1, 0.15) is 15.9 Å². The summed E-state index contributed by atoms with van der Waals surface area (Å²) in [6.07, 6.45) is 1.16. The fraction of sp³-hybridized carbons (Fsp3) is 0.176. The monoisotopic (exact) mass is 299 g/mol. The number of ether oxygens (including phenoxy) is 2. The Morgan fingerprint density at radius 3 is 2.82 bits per heavy atom. The number of benzene rings is 2. The molecule has 2 aromatic rings. The quantitative estimate of drug-likeness (QED) is 0.795. The van der Waals surface area contributed by atoms with Crippen LogP contribution < -0.4 is 9.47 Å². The van der Waals surface area contributed by atoms with E-state index < -0.39 is 5.82 Å². The van der Waals surface area contributed by atoms with Gasteiger partial charge in [0.25, 0.3) is 0 Å². The van der Waals surface area contributed by atoms with Crippen molar-refractivity contribution in [3.05, 3.63) is 53.3 Å². The molecule has 0 spiro atoms. The highest BCUT2D eigenvalue weighted by molar-refractivity contribution is 5.95. The lowest BCUT2D eigenvalue weighted by Crippen LogP contribution is -2.12. The Morgan fingerprint density at radius 1 is 1.27 bits per heavy atom. The van der Waals surface area contributed by atoms with Gasteiger partial charge in [0.1, 0.15) is 12.4 Å². The van der Waals surface area contributed by atoms with E-state index in [9.17, 15) is 9.18 Å². The Morgan fingerprint density at radius 2 is 2.09 bits per heavy atom. The molecule has 0 amide bonds. The van der Waals surface area contributed by atoms with Crippen LogP contribution in [-0.4, -0.2) is 25.7 Å². The third-order valence-corrected chi connectivity index (χ3v) is 3.47. The highest BCUT2D eigenvalue weighted by Gasteiger charge is 2.16. The van der Waals surface area contributed by atoms with Gasteiger partial charge in [0, 0.05) is 12.5 Å². The van der Waals surface area contributed by atoms with E-state index in [1.165, 1.54) is 13.2 Å². The third kappa shape index (κ3) is 2.70. The molecular weight excluding hydrogens is 285 g/mol. The zero-order valence-corrected chi connectivity index (χ0v) is 12.0. The summed E-state index contributed by atoms with van der Waals surface area (Å²) >= 11 is 0. The van der Waals surface area contributed by atoms with Crippen LogP contribution in [0.25, 0.3) is 0 Å². The molecule has 112 valence electrons. The molecule has 0 N–H and O–H groups in total. The summed E-state index contributed by atoms with van der Waals surface area (Å²) in [5.74, 6) is -0.0636. The summed E-state index contributed by atoms with van der Waals surface area (Å²) in [5, 5.41) is 0. The van der Waals surface area contributed by atoms with Crippen molar-refractivity contribution < 1.29 is 18.7 Å². The molecule has 0 radical (unpaired) electrons. The van der Waals surface area contributed by atoms with Gasteiger partial charge in [-0.1, -0.05) is 18.2 Å². The normalized spacial score (nSPS) is 12.5. The molecule has 0 aromatic heterocycles. The van der Waals surface area contributed by atoms with Gasteiger partial charge in [-0.25, -0.2) is 4.39 Å². The number of halogens is 1. The minimum absolute atomic E-state index is 0.0604. The molecule has 0 fully saturated rings. The summed E-state index contributed by atoms with van der Waals surface area (Å²) in [4.78, 5) is 15.2. The molecule has 0 saturated carbocycles. The number of aliphatic imine (C=N–C) groups is 1. The number of aldehydes is 1. The second kappa shape index (κ2) is 5.97. The second-order valence-corrected chi connectivity index (χ2v) is 4.91. The van der Waals surface area contributed by atoms with Gasteiger partial charge in [-0.3, -0.25) is 9.79 Å². The summed E-state index contributed by atoms with van der Waals surface area (Å²) < 4.78 is 24.4. The maximum absolute atomic E-state index is 13.7. The SMILES string of the molecule is COc1cc(C=O)c(F)cc1OCC1=Nc2ccccc2C1. The van der Waals surface area contributed by atoms with Crippen LogP contribution in [0.15, 0.2) is 41.4 Å². The summed E-state index contributed by atoms with van der Waals surface area (Å²) in [6, 6.07) is 10.3. The average Bonchev–Trinajstić information content (AvgIpc) is 2.95. The summed E-state index contributed by atoms with van der Waals surface area (Å²) in [6.45, 7) is 0.241. The molecule has 2 aromatic carbocycles. The Kier molecular flexibility index (Phi) is 3.87. The highest BCUT2D eigenvalue weighted by atomic mass is 19.1. The van der Waals surface area contributed by atoms with Gasteiger partial charge in [0.2, 0.25) is 0 Å². The van der Waals surface area contributed by atoms with E-state index in [4.69, 9.17) is 9.47 Å². The van der Waals surface area contributed by atoms with Gasteiger partial charge >= 0.3 is 0 Å². The van der Waals surface area contributed by atoms with Gasteiger partial charge < -0.3 is 9.47 Å². The van der Waals surface area contributed by atoms with Crippen molar-refractivity contribution in [2.45, 2.75) is 6.42 Å². The van der Waals surface area contributed by atoms with Crippen molar-refractivity contribution in [1.29, 1.82) is 0 Å². The molecule has 1 heterocycles. The predicted molar refractivity (Wildman–Crippen MR) is 81.1 cm³/mol. The first-order valence-corrected chi connectivity index (χ1v) is 6.81. The summed E-state index contributed by atoms with van der Waals surface area (Å²) in [7, 11) is 1.44. The van der Waals surface area contributed by atoms with Crippen LogP contribution in [0.2, 0.25) is 0 Å². The van der Waals surface area contributed by atoms with Gasteiger partial charge in [0.15, 0.2) is 17.8 Å². The maximum Gasteiger partial charge on any atom is 0.164 e.